The molecule has 1 N–H and O–H groups in total. The van der Waals surface area contributed by atoms with Crippen molar-refractivity contribution in [3.8, 4) is 17.1 Å². The molecule has 8 heteroatoms. The van der Waals surface area contributed by atoms with Crippen molar-refractivity contribution in [2.24, 2.45) is 0 Å². The third kappa shape index (κ3) is 3.82. The number of nitrogens with one attached hydrogen (secondary N) is 1. The summed E-state index contributed by atoms with van der Waals surface area (Å²) in [6.45, 7) is 1.79. The average molecular weight is 417 g/mol. The van der Waals surface area contributed by atoms with Crippen LogP contribution in [0.25, 0.3) is 17.0 Å². The molecule has 1 aromatic heterocycles. The Kier molecular flexibility index (Phi) is 4.99. The van der Waals surface area contributed by atoms with Gasteiger partial charge in [-0.2, -0.15) is 4.80 Å². The number of esters is 1. The zero-order valence-electron chi connectivity index (χ0n) is 17.2. The summed E-state index contributed by atoms with van der Waals surface area (Å²) < 4.78 is 11.1. The molecule has 2 aliphatic rings. The Morgan fingerprint density at radius 1 is 1.16 bits per heavy atom. The Morgan fingerprint density at radius 2 is 1.97 bits per heavy atom. The molecule has 2 aromatic carbocycles. The second kappa shape index (κ2) is 7.96. The van der Waals surface area contributed by atoms with E-state index in [1.165, 1.54) is 11.9 Å². The van der Waals surface area contributed by atoms with E-state index >= 15 is 0 Å². The van der Waals surface area contributed by atoms with E-state index in [0.29, 0.717) is 5.82 Å². The molecule has 5 rings (SSSR count). The van der Waals surface area contributed by atoms with Gasteiger partial charge < -0.3 is 14.8 Å². The lowest BCUT2D eigenvalue weighted by atomic mass is 9.83. The molecule has 0 aliphatic carbocycles. The van der Waals surface area contributed by atoms with Crippen molar-refractivity contribution in [2.75, 3.05) is 20.2 Å². The Morgan fingerprint density at radius 3 is 2.81 bits per heavy atom. The number of piperidine rings is 1. The van der Waals surface area contributed by atoms with Gasteiger partial charge in [0.15, 0.2) is 6.54 Å². The van der Waals surface area contributed by atoms with Crippen LogP contribution in [0.15, 0.2) is 54.6 Å². The molecule has 2 aliphatic heterocycles. The van der Waals surface area contributed by atoms with E-state index in [-0.39, 0.29) is 12.1 Å². The third-order valence-electron chi connectivity index (χ3n) is 5.73. The molecule has 158 valence electrons. The monoisotopic (exact) mass is 417 g/mol. The standard InChI is InChI=1S/C23H23N5O3/c1-30-21(29)15-28-26-22(25-27-28)17-6-4-5-16(13-17)19-14-23(9-11-24-12-10-23)31-20-8-3-2-7-18(19)20/h2-8,13-14,24H,9-12,15H2,1H3. The van der Waals surface area contributed by atoms with Crippen molar-refractivity contribution in [3.05, 3.63) is 65.7 Å². The number of hydrogen-bond acceptors (Lipinski definition) is 7. The number of aromatic nitrogens is 4. The number of carbonyl (C=O) groups excluding carboxylic acids is 1. The number of hydrogen-bond donors (Lipinski definition) is 1. The van der Waals surface area contributed by atoms with E-state index in [4.69, 9.17) is 4.74 Å². The fourth-order valence-electron chi connectivity index (χ4n) is 4.13. The van der Waals surface area contributed by atoms with E-state index in [1.54, 1.807) is 0 Å². The Bertz CT molecular complexity index is 1150. The van der Waals surface area contributed by atoms with Gasteiger partial charge in [-0.1, -0.05) is 36.4 Å². The van der Waals surface area contributed by atoms with Crippen LogP contribution >= 0.6 is 0 Å². The molecule has 0 atom stereocenters. The highest BCUT2D eigenvalue weighted by Gasteiger charge is 2.37. The minimum atomic E-state index is -0.422. The Balaban J connectivity index is 1.53. The highest BCUT2D eigenvalue weighted by molar-refractivity contribution is 5.86. The van der Waals surface area contributed by atoms with Gasteiger partial charge in [-0.05, 0) is 47.6 Å². The van der Waals surface area contributed by atoms with Crippen molar-refractivity contribution in [1.29, 1.82) is 0 Å². The largest absolute Gasteiger partial charge is 0.482 e. The molecular weight excluding hydrogens is 394 g/mol. The van der Waals surface area contributed by atoms with Crippen LogP contribution in [0.3, 0.4) is 0 Å². The van der Waals surface area contributed by atoms with Crippen LogP contribution in [-0.4, -0.2) is 52.0 Å². The number of tetrazole rings is 1. The molecule has 0 bridgehead atoms. The zero-order chi connectivity index (χ0) is 21.3. The van der Waals surface area contributed by atoms with Crippen molar-refractivity contribution in [3.63, 3.8) is 0 Å². The highest BCUT2D eigenvalue weighted by Crippen LogP contribution is 2.42. The summed E-state index contributed by atoms with van der Waals surface area (Å²) in [6.07, 6.45) is 4.12. The number of ether oxygens (including phenoxy) is 2. The molecule has 1 fully saturated rings. The Labute approximate surface area is 179 Å². The van der Waals surface area contributed by atoms with Crippen LogP contribution in [0.4, 0.5) is 0 Å². The lowest BCUT2D eigenvalue weighted by Crippen LogP contribution is -2.46. The molecule has 3 heterocycles. The smallest absolute Gasteiger partial charge is 0.329 e. The molecule has 0 radical (unpaired) electrons. The van der Waals surface area contributed by atoms with E-state index in [9.17, 15) is 4.79 Å². The van der Waals surface area contributed by atoms with Crippen molar-refractivity contribution in [2.45, 2.75) is 25.0 Å². The maximum absolute atomic E-state index is 11.5. The van der Waals surface area contributed by atoms with Gasteiger partial charge in [0.25, 0.3) is 0 Å². The van der Waals surface area contributed by atoms with Crippen molar-refractivity contribution in [1.82, 2.24) is 25.5 Å². The first kappa shape index (κ1) is 19.4. The molecule has 1 saturated heterocycles. The molecule has 8 nitrogen and oxygen atoms in total. The minimum Gasteiger partial charge on any atom is -0.482 e. The number of para-hydroxylation sites is 1. The second-order valence-corrected chi connectivity index (χ2v) is 7.77. The van der Waals surface area contributed by atoms with Gasteiger partial charge in [0.05, 0.1) is 7.11 Å². The summed E-state index contributed by atoms with van der Waals surface area (Å²) in [4.78, 5) is 12.7. The van der Waals surface area contributed by atoms with Gasteiger partial charge in [-0.15, -0.1) is 10.2 Å². The maximum atomic E-state index is 11.5. The van der Waals surface area contributed by atoms with Crippen LogP contribution in [0.5, 0.6) is 5.75 Å². The molecule has 3 aromatic rings. The number of methoxy groups -OCH3 is 1. The molecule has 0 saturated carbocycles. The van der Waals surface area contributed by atoms with Crippen molar-refractivity contribution >= 4 is 11.5 Å². The van der Waals surface area contributed by atoms with Gasteiger partial charge in [-0.25, -0.2) is 4.79 Å². The van der Waals surface area contributed by atoms with Crippen LogP contribution in [-0.2, 0) is 16.1 Å². The van der Waals surface area contributed by atoms with E-state index < -0.39 is 5.97 Å². The molecule has 0 amide bonds. The summed E-state index contributed by atoms with van der Waals surface area (Å²) in [6, 6.07) is 16.2. The molecule has 0 unspecified atom stereocenters. The summed E-state index contributed by atoms with van der Waals surface area (Å²) >= 11 is 0. The average Bonchev–Trinajstić information content (AvgIpc) is 3.27. The quantitative estimate of drug-likeness (QED) is 0.652. The zero-order valence-corrected chi connectivity index (χ0v) is 17.2. The summed E-state index contributed by atoms with van der Waals surface area (Å²) in [5.74, 6) is 0.951. The first-order valence-electron chi connectivity index (χ1n) is 10.3. The van der Waals surface area contributed by atoms with Crippen molar-refractivity contribution < 1.29 is 14.3 Å². The maximum Gasteiger partial charge on any atom is 0.329 e. The number of rotatable bonds is 4. The normalized spacial score (nSPS) is 16.9. The van der Waals surface area contributed by atoms with Crippen LogP contribution < -0.4 is 10.1 Å². The summed E-state index contributed by atoms with van der Waals surface area (Å²) in [5.41, 5.74) is 3.82. The predicted molar refractivity (Wildman–Crippen MR) is 114 cm³/mol. The van der Waals surface area contributed by atoms with Gasteiger partial charge >= 0.3 is 5.97 Å². The van der Waals surface area contributed by atoms with Crippen LogP contribution in [0.1, 0.15) is 24.0 Å². The van der Waals surface area contributed by atoms with E-state index in [0.717, 1.165) is 53.9 Å². The van der Waals surface area contributed by atoms with E-state index in [1.807, 2.05) is 30.3 Å². The fourth-order valence-corrected chi connectivity index (χ4v) is 4.13. The first-order chi connectivity index (χ1) is 15.2. The topological polar surface area (TPSA) is 91.2 Å². The van der Waals surface area contributed by atoms with E-state index in [2.05, 4.69) is 49.7 Å². The number of benzene rings is 2. The van der Waals surface area contributed by atoms with Crippen LogP contribution in [0, 0.1) is 0 Å². The predicted octanol–water partition coefficient (Wildman–Crippen LogP) is 2.46. The highest BCUT2D eigenvalue weighted by atomic mass is 16.5. The lowest BCUT2D eigenvalue weighted by Gasteiger charge is -2.40. The molecule has 31 heavy (non-hydrogen) atoms. The fraction of sp³-hybridized carbons (Fsp3) is 0.304. The minimum absolute atomic E-state index is 0.0738. The Hall–Kier alpha value is -3.52. The van der Waals surface area contributed by atoms with Gasteiger partial charge in [0.2, 0.25) is 5.82 Å². The molecule has 1 spiro atoms. The number of fused-ring (bicyclic) bond motifs is 1. The molecular formula is C23H23N5O3. The second-order valence-electron chi connectivity index (χ2n) is 7.77. The van der Waals surface area contributed by atoms with Crippen LogP contribution in [0.2, 0.25) is 0 Å². The third-order valence-corrected chi connectivity index (χ3v) is 5.73. The summed E-state index contributed by atoms with van der Waals surface area (Å²) in [5, 5.41) is 15.8. The first-order valence-corrected chi connectivity index (χ1v) is 10.3. The lowest BCUT2D eigenvalue weighted by molar-refractivity contribution is -0.141. The summed E-state index contributed by atoms with van der Waals surface area (Å²) in [7, 11) is 1.33. The van der Waals surface area contributed by atoms with Gasteiger partial charge in [-0.3, -0.25) is 0 Å². The SMILES string of the molecule is COC(=O)Cn1nnc(-c2cccc(C3=CC4(CCNCC4)Oc4ccccc43)c2)n1. The number of nitrogens with zero attached hydrogens (tertiary/aromatic N) is 4. The van der Waals surface area contributed by atoms with Gasteiger partial charge in [0.1, 0.15) is 11.4 Å². The van der Waals surface area contributed by atoms with Gasteiger partial charge in [0, 0.05) is 24.0 Å². The number of carbonyl (C=O) groups is 1.